The molecule has 0 aliphatic carbocycles. The Hall–Kier alpha value is -1.62. The van der Waals surface area contributed by atoms with Gasteiger partial charge in [0.15, 0.2) is 0 Å². The second-order valence-electron chi connectivity index (χ2n) is 4.91. The maximum Gasteiger partial charge on any atom is 0.339 e. The van der Waals surface area contributed by atoms with Crippen LogP contribution in [0.1, 0.15) is 37.0 Å². The van der Waals surface area contributed by atoms with E-state index in [2.05, 4.69) is 0 Å². The molecule has 0 amide bonds. The fourth-order valence-electron chi connectivity index (χ4n) is 2.39. The summed E-state index contributed by atoms with van der Waals surface area (Å²) in [4.78, 5) is 11.1. The van der Waals surface area contributed by atoms with Crippen molar-refractivity contribution in [1.82, 2.24) is 0 Å². The molecule has 2 atom stereocenters. The van der Waals surface area contributed by atoms with Crippen LogP contribution in [0.25, 0.3) is 0 Å². The maximum absolute atomic E-state index is 13.1. The minimum absolute atomic E-state index is 0.0717. The fourth-order valence-corrected chi connectivity index (χ4v) is 2.39. The first-order valence-corrected chi connectivity index (χ1v) is 6.30. The summed E-state index contributed by atoms with van der Waals surface area (Å²) in [6.07, 6.45) is 1.42. The van der Waals surface area contributed by atoms with Gasteiger partial charge in [0.05, 0.1) is 12.2 Å². The van der Waals surface area contributed by atoms with Gasteiger partial charge in [0.2, 0.25) is 0 Å². The first-order chi connectivity index (χ1) is 8.95. The summed E-state index contributed by atoms with van der Waals surface area (Å²) >= 11 is 0. The third-order valence-electron chi connectivity index (χ3n) is 3.12. The van der Waals surface area contributed by atoms with Crippen molar-refractivity contribution in [2.24, 2.45) is 0 Å². The molecule has 1 aliphatic heterocycles. The van der Waals surface area contributed by atoms with Crippen molar-refractivity contribution in [2.75, 3.05) is 0 Å². The Morgan fingerprint density at radius 3 is 2.58 bits per heavy atom. The number of carboxylic acids is 1. The molecule has 1 heterocycles. The van der Waals surface area contributed by atoms with Crippen LogP contribution < -0.4 is 4.74 Å². The molecule has 5 heteroatoms. The van der Waals surface area contributed by atoms with Crippen LogP contribution >= 0.6 is 0 Å². The average Bonchev–Trinajstić information content (AvgIpc) is 2.30. The predicted molar refractivity (Wildman–Crippen MR) is 67.0 cm³/mol. The van der Waals surface area contributed by atoms with E-state index in [4.69, 9.17) is 14.6 Å². The molecule has 1 N–H and O–H groups in total. The zero-order valence-corrected chi connectivity index (χ0v) is 10.9. The lowest BCUT2D eigenvalue weighted by Crippen LogP contribution is -2.36. The molecule has 19 heavy (non-hydrogen) atoms. The fraction of sp³-hybridized carbons (Fsp3) is 0.500. The van der Waals surface area contributed by atoms with Gasteiger partial charge in [-0.2, -0.15) is 0 Å². The van der Waals surface area contributed by atoms with E-state index in [-0.39, 0.29) is 29.6 Å². The Morgan fingerprint density at radius 2 is 2.00 bits per heavy atom. The molecular weight excluding hydrogens is 251 g/mol. The highest BCUT2D eigenvalue weighted by Gasteiger charge is 2.27. The second kappa shape index (κ2) is 5.57. The van der Waals surface area contributed by atoms with Gasteiger partial charge in [-0.3, -0.25) is 0 Å². The molecule has 1 saturated heterocycles. The number of hydrogen-bond donors (Lipinski definition) is 1. The summed E-state index contributed by atoms with van der Waals surface area (Å²) in [6, 6.07) is 3.54. The normalized spacial score (nSPS) is 27.0. The van der Waals surface area contributed by atoms with E-state index < -0.39 is 11.8 Å². The minimum atomic E-state index is -1.19. The Bertz CT molecular complexity index is 465. The smallest absolute Gasteiger partial charge is 0.339 e. The maximum atomic E-state index is 13.1. The number of rotatable bonds is 3. The third kappa shape index (κ3) is 3.44. The van der Waals surface area contributed by atoms with Gasteiger partial charge in [-0.25, -0.2) is 9.18 Å². The van der Waals surface area contributed by atoms with Crippen molar-refractivity contribution < 1.29 is 23.8 Å². The van der Waals surface area contributed by atoms with Gasteiger partial charge in [0.1, 0.15) is 23.2 Å². The Labute approximate surface area is 111 Å². The molecule has 1 aliphatic rings. The zero-order valence-electron chi connectivity index (χ0n) is 10.9. The summed E-state index contributed by atoms with van der Waals surface area (Å²) in [6.45, 7) is 3.91. The van der Waals surface area contributed by atoms with E-state index in [1.54, 1.807) is 0 Å². The predicted octanol–water partition coefficient (Wildman–Crippen LogP) is 2.86. The molecule has 2 unspecified atom stereocenters. The van der Waals surface area contributed by atoms with Gasteiger partial charge >= 0.3 is 5.97 Å². The number of ether oxygens (including phenoxy) is 2. The summed E-state index contributed by atoms with van der Waals surface area (Å²) in [5.74, 6) is -1.57. The number of halogens is 1. The second-order valence-corrected chi connectivity index (χ2v) is 4.91. The highest BCUT2D eigenvalue weighted by atomic mass is 19.1. The highest BCUT2D eigenvalue weighted by molar-refractivity contribution is 5.90. The number of carbonyl (C=O) groups is 1. The summed E-state index contributed by atoms with van der Waals surface area (Å²) in [5, 5.41) is 9.05. The largest absolute Gasteiger partial charge is 0.489 e. The first-order valence-electron chi connectivity index (χ1n) is 6.30. The van der Waals surface area contributed by atoms with E-state index in [1.807, 2.05) is 13.8 Å². The van der Waals surface area contributed by atoms with Crippen LogP contribution in [0.15, 0.2) is 18.2 Å². The van der Waals surface area contributed by atoms with Crippen LogP contribution in [0, 0.1) is 5.82 Å². The number of aromatic carboxylic acids is 1. The third-order valence-corrected chi connectivity index (χ3v) is 3.12. The molecule has 0 spiro atoms. The molecule has 0 bridgehead atoms. The topological polar surface area (TPSA) is 55.8 Å². The van der Waals surface area contributed by atoms with E-state index in [0.717, 1.165) is 6.07 Å². The van der Waals surface area contributed by atoms with Crippen LogP contribution in [0.3, 0.4) is 0 Å². The van der Waals surface area contributed by atoms with Gasteiger partial charge in [0.25, 0.3) is 0 Å². The molecule has 104 valence electrons. The lowest BCUT2D eigenvalue weighted by atomic mass is 10.0. The number of carboxylic acid groups (broad SMARTS) is 1. The Kier molecular flexibility index (Phi) is 4.04. The van der Waals surface area contributed by atoms with Crippen LogP contribution in [-0.4, -0.2) is 29.4 Å². The minimum Gasteiger partial charge on any atom is -0.489 e. The summed E-state index contributed by atoms with van der Waals surface area (Å²) < 4.78 is 24.4. The molecule has 1 aromatic carbocycles. The molecule has 0 aromatic heterocycles. The van der Waals surface area contributed by atoms with Crippen molar-refractivity contribution >= 4 is 5.97 Å². The van der Waals surface area contributed by atoms with Gasteiger partial charge in [-0.05, 0) is 32.0 Å². The standard InChI is InChI=1S/C14H17FO4/c1-8-5-11(6-9(2)18-8)19-13-4-3-10(15)7-12(13)14(16)17/h3-4,7-9,11H,5-6H2,1-2H3,(H,16,17). The molecule has 1 fully saturated rings. The van der Waals surface area contributed by atoms with Crippen LogP contribution in [0.5, 0.6) is 5.75 Å². The monoisotopic (exact) mass is 268 g/mol. The Morgan fingerprint density at radius 1 is 1.37 bits per heavy atom. The summed E-state index contributed by atoms with van der Waals surface area (Å²) in [5.41, 5.74) is -0.146. The van der Waals surface area contributed by atoms with Crippen LogP contribution in [0.4, 0.5) is 4.39 Å². The molecule has 4 nitrogen and oxygen atoms in total. The SMILES string of the molecule is CC1CC(Oc2ccc(F)cc2C(=O)O)CC(C)O1. The van der Waals surface area contributed by atoms with Gasteiger partial charge < -0.3 is 14.6 Å². The van der Waals surface area contributed by atoms with E-state index >= 15 is 0 Å². The van der Waals surface area contributed by atoms with E-state index in [9.17, 15) is 9.18 Å². The molecule has 0 saturated carbocycles. The first kappa shape index (κ1) is 13.8. The van der Waals surface area contributed by atoms with Crippen LogP contribution in [-0.2, 0) is 4.74 Å². The molecular formula is C14H17FO4. The van der Waals surface area contributed by atoms with Gasteiger partial charge in [0, 0.05) is 12.8 Å². The highest BCUT2D eigenvalue weighted by Crippen LogP contribution is 2.27. The number of hydrogen-bond acceptors (Lipinski definition) is 3. The summed E-state index contributed by atoms with van der Waals surface area (Å²) in [7, 11) is 0. The molecule has 2 rings (SSSR count). The van der Waals surface area contributed by atoms with E-state index in [1.165, 1.54) is 12.1 Å². The number of benzene rings is 1. The average molecular weight is 268 g/mol. The quantitative estimate of drug-likeness (QED) is 0.915. The molecule has 0 radical (unpaired) electrons. The van der Waals surface area contributed by atoms with Gasteiger partial charge in [-0.1, -0.05) is 0 Å². The van der Waals surface area contributed by atoms with E-state index in [0.29, 0.717) is 12.8 Å². The van der Waals surface area contributed by atoms with Gasteiger partial charge in [-0.15, -0.1) is 0 Å². The van der Waals surface area contributed by atoms with Crippen molar-refractivity contribution in [3.8, 4) is 5.75 Å². The van der Waals surface area contributed by atoms with Crippen molar-refractivity contribution in [3.05, 3.63) is 29.6 Å². The lowest BCUT2D eigenvalue weighted by molar-refractivity contribution is -0.0722. The van der Waals surface area contributed by atoms with Crippen molar-refractivity contribution in [1.29, 1.82) is 0 Å². The Balaban J connectivity index is 2.16. The zero-order chi connectivity index (χ0) is 14.0. The van der Waals surface area contributed by atoms with Crippen molar-refractivity contribution in [3.63, 3.8) is 0 Å². The molecule has 1 aromatic rings. The van der Waals surface area contributed by atoms with Crippen molar-refractivity contribution in [2.45, 2.75) is 45.0 Å². The lowest BCUT2D eigenvalue weighted by Gasteiger charge is -2.32. The van der Waals surface area contributed by atoms with Crippen LogP contribution in [0.2, 0.25) is 0 Å².